The fourth-order valence-corrected chi connectivity index (χ4v) is 2.08. The summed E-state index contributed by atoms with van der Waals surface area (Å²) >= 11 is 0. The Bertz CT molecular complexity index is 302. The number of piperazine rings is 1. The summed E-state index contributed by atoms with van der Waals surface area (Å²) in [5, 5.41) is 3.37. The van der Waals surface area contributed by atoms with Gasteiger partial charge in [-0.2, -0.15) is 0 Å². The molecule has 18 heavy (non-hydrogen) atoms. The van der Waals surface area contributed by atoms with Gasteiger partial charge in [0.2, 0.25) is 0 Å². The van der Waals surface area contributed by atoms with Gasteiger partial charge in [0, 0.05) is 26.2 Å². The van der Waals surface area contributed by atoms with Crippen molar-refractivity contribution in [2.24, 2.45) is 0 Å². The minimum absolute atomic E-state index is 0. The van der Waals surface area contributed by atoms with Gasteiger partial charge in [-0.25, -0.2) is 0 Å². The van der Waals surface area contributed by atoms with Crippen molar-refractivity contribution >= 4 is 12.4 Å². The van der Waals surface area contributed by atoms with Gasteiger partial charge in [-0.15, -0.1) is 12.4 Å². The molecule has 1 heterocycles. The minimum Gasteiger partial charge on any atom is -0.494 e. The Kier molecular flexibility index (Phi) is 7.81. The number of hydrogen-bond acceptors (Lipinski definition) is 3. The normalized spacial score (nSPS) is 16.0. The van der Waals surface area contributed by atoms with Crippen LogP contribution in [0.1, 0.15) is 12.8 Å². The summed E-state index contributed by atoms with van der Waals surface area (Å²) in [5.74, 6) is 0.981. The van der Waals surface area contributed by atoms with Crippen molar-refractivity contribution in [2.45, 2.75) is 12.8 Å². The molecule has 1 fully saturated rings. The highest BCUT2D eigenvalue weighted by molar-refractivity contribution is 5.85. The number of ether oxygens (including phenoxy) is 1. The zero-order valence-corrected chi connectivity index (χ0v) is 11.6. The molecule has 1 aromatic rings. The molecule has 0 unspecified atom stereocenters. The Labute approximate surface area is 116 Å². The summed E-state index contributed by atoms with van der Waals surface area (Å²) in [7, 11) is 0. The van der Waals surface area contributed by atoms with E-state index in [0.717, 1.165) is 31.9 Å². The van der Waals surface area contributed by atoms with Gasteiger partial charge in [0.05, 0.1) is 6.61 Å². The molecule has 0 saturated carbocycles. The molecule has 1 aromatic carbocycles. The minimum atomic E-state index is 0. The van der Waals surface area contributed by atoms with Gasteiger partial charge in [-0.05, 0) is 31.5 Å². The monoisotopic (exact) mass is 270 g/mol. The molecule has 0 atom stereocenters. The molecular formula is C14H23ClN2O. The first-order chi connectivity index (χ1) is 8.45. The number of unbranched alkanes of at least 4 members (excludes halogenated alkanes) is 1. The highest BCUT2D eigenvalue weighted by Gasteiger charge is 2.07. The maximum absolute atomic E-state index is 5.66. The molecule has 0 amide bonds. The number of nitrogens with zero attached hydrogens (tertiary/aromatic N) is 1. The fourth-order valence-electron chi connectivity index (χ4n) is 2.08. The van der Waals surface area contributed by atoms with Crippen molar-refractivity contribution in [3.8, 4) is 5.75 Å². The van der Waals surface area contributed by atoms with Crippen molar-refractivity contribution in [1.29, 1.82) is 0 Å². The summed E-state index contributed by atoms with van der Waals surface area (Å²) < 4.78 is 5.66. The third-order valence-corrected chi connectivity index (χ3v) is 3.09. The van der Waals surface area contributed by atoms with Gasteiger partial charge >= 0.3 is 0 Å². The third kappa shape index (κ3) is 5.71. The van der Waals surface area contributed by atoms with Crippen LogP contribution in [0.2, 0.25) is 0 Å². The predicted octanol–water partition coefficient (Wildman–Crippen LogP) is 2.17. The van der Waals surface area contributed by atoms with Crippen LogP contribution in [0.4, 0.5) is 0 Å². The van der Waals surface area contributed by atoms with Gasteiger partial charge < -0.3 is 15.0 Å². The van der Waals surface area contributed by atoms with E-state index < -0.39 is 0 Å². The number of benzene rings is 1. The van der Waals surface area contributed by atoms with E-state index in [9.17, 15) is 0 Å². The third-order valence-electron chi connectivity index (χ3n) is 3.09. The summed E-state index contributed by atoms with van der Waals surface area (Å²) in [6.07, 6.45) is 2.37. The number of halogens is 1. The van der Waals surface area contributed by atoms with E-state index in [1.165, 1.54) is 26.1 Å². The molecule has 1 saturated heterocycles. The van der Waals surface area contributed by atoms with E-state index in [-0.39, 0.29) is 12.4 Å². The van der Waals surface area contributed by atoms with Crippen LogP contribution < -0.4 is 10.1 Å². The van der Waals surface area contributed by atoms with Gasteiger partial charge in [0.25, 0.3) is 0 Å². The lowest BCUT2D eigenvalue weighted by molar-refractivity contribution is 0.226. The first-order valence-electron chi connectivity index (χ1n) is 6.56. The second-order valence-corrected chi connectivity index (χ2v) is 4.46. The number of nitrogens with one attached hydrogen (secondary N) is 1. The topological polar surface area (TPSA) is 24.5 Å². The van der Waals surface area contributed by atoms with Gasteiger partial charge in [0.1, 0.15) is 5.75 Å². The lowest BCUT2D eigenvalue weighted by atomic mass is 10.2. The highest BCUT2D eigenvalue weighted by atomic mass is 35.5. The first kappa shape index (κ1) is 15.3. The van der Waals surface area contributed by atoms with Crippen LogP contribution in [0.3, 0.4) is 0 Å². The van der Waals surface area contributed by atoms with Crippen LogP contribution in [-0.2, 0) is 0 Å². The number of para-hydroxylation sites is 1. The fraction of sp³-hybridized carbons (Fsp3) is 0.571. The molecule has 1 aliphatic heterocycles. The standard InChI is InChI=1S/C14H22N2O.ClH/c1-2-6-14(7-3-1)17-13-5-4-10-16-11-8-15-9-12-16;/h1-3,6-7,15H,4-5,8-13H2;1H. The van der Waals surface area contributed by atoms with Crippen molar-refractivity contribution in [1.82, 2.24) is 10.2 Å². The Morgan fingerprint density at radius 2 is 1.78 bits per heavy atom. The molecule has 2 rings (SSSR count). The van der Waals surface area contributed by atoms with E-state index in [1.54, 1.807) is 0 Å². The molecule has 4 heteroatoms. The van der Waals surface area contributed by atoms with Crippen LogP contribution >= 0.6 is 12.4 Å². The quantitative estimate of drug-likeness (QED) is 0.802. The smallest absolute Gasteiger partial charge is 0.119 e. The lowest BCUT2D eigenvalue weighted by Gasteiger charge is -2.26. The van der Waals surface area contributed by atoms with Crippen LogP contribution in [0.25, 0.3) is 0 Å². The molecule has 1 N–H and O–H groups in total. The van der Waals surface area contributed by atoms with E-state index in [4.69, 9.17) is 4.74 Å². The van der Waals surface area contributed by atoms with Crippen molar-refractivity contribution in [3.05, 3.63) is 30.3 Å². The molecule has 0 aromatic heterocycles. The Hall–Kier alpha value is -0.770. The molecule has 0 radical (unpaired) electrons. The van der Waals surface area contributed by atoms with Crippen LogP contribution in [0.5, 0.6) is 5.75 Å². The molecule has 102 valence electrons. The average Bonchev–Trinajstić information content (AvgIpc) is 2.41. The van der Waals surface area contributed by atoms with Gasteiger partial charge in [-0.3, -0.25) is 0 Å². The first-order valence-corrected chi connectivity index (χ1v) is 6.56. The van der Waals surface area contributed by atoms with Gasteiger partial charge in [-0.1, -0.05) is 18.2 Å². The Morgan fingerprint density at radius 1 is 1.06 bits per heavy atom. The summed E-state index contributed by atoms with van der Waals surface area (Å²) in [5.41, 5.74) is 0. The van der Waals surface area contributed by atoms with Crippen LogP contribution in [0, 0.1) is 0 Å². The largest absolute Gasteiger partial charge is 0.494 e. The molecule has 1 aliphatic rings. The Balaban J connectivity index is 0.00000162. The number of rotatable bonds is 6. The van der Waals surface area contributed by atoms with Crippen LogP contribution in [0.15, 0.2) is 30.3 Å². The SMILES string of the molecule is Cl.c1ccc(OCCCCN2CCNCC2)cc1. The molecular weight excluding hydrogens is 248 g/mol. The van der Waals surface area contributed by atoms with Crippen molar-refractivity contribution < 1.29 is 4.74 Å². The second kappa shape index (κ2) is 9.20. The van der Waals surface area contributed by atoms with E-state index in [2.05, 4.69) is 10.2 Å². The maximum Gasteiger partial charge on any atom is 0.119 e. The zero-order valence-electron chi connectivity index (χ0n) is 10.8. The van der Waals surface area contributed by atoms with Gasteiger partial charge in [0.15, 0.2) is 0 Å². The second-order valence-electron chi connectivity index (χ2n) is 4.46. The van der Waals surface area contributed by atoms with Crippen LogP contribution in [-0.4, -0.2) is 44.2 Å². The Morgan fingerprint density at radius 3 is 2.50 bits per heavy atom. The number of hydrogen-bond donors (Lipinski definition) is 1. The van der Waals surface area contributed by atoms with Crippen molar-refractivity contribution in [3.63, 3.8) is 0 Å². The summed E-state index contributed by atoms with van der Waals surface area (Å²) in [4.78, 5) is 2.53. The molecule has 3 nitrogen and oxygen atoms in total. The molecule has 0 bridgehead atoms. The van der Waals surface area contributed by atoms with E-state index >= 15 is 0 Å². The summed E-state index contributed by atoms with van der Waals surface area (Å²) in [6.45, 7) is 6.70. The summed E-state index contributed by atoms with van der Waals surface area (Å²) in [6, 6.07) is 10.1. The maximum atomic E-state index is 5.66. The highest BCUT2D eigenvalue weighted by Crippen LogP contribution is 2.09. The predicted molar refractivity (Wildman–Crippen MR) is 77.7 cm³/mol. The van der Waals surface area contributed by atoms with E-state index in [0.29, 0.717) is 0 Å². The lowest BCUT2D eigenvalue weighted by Crippen LogP contribution is -2.43. The van der Waals surface area contributed by atoms with E-state index in [1.807, 2.05) is 30.3 Å². The average molecular weight is 271 g/mol. The molecule has 0 aliphatic carbocycles. The zero-order chi connectivity index (χ0) is 11.8. The van der Waals surface area contributed by atoms with Crippen molar-refractivity contribution in [2.75, 3.05) is 39.3 Å². The molecule has 0 spiro atoms.